The van der Waals surface area contributed by atoms with Gasteiger partial charge in [-0.25, -0.2) is 9.59 Å². The van der Waals surface area contributed by atoms with E-state index in [1.54, 1.807) is 12.1 Å². The number of aliphatic carboxylic acids is 1. The summed E-state index contributed by atoms with van der Waals surface area (Å²) in [6.07, 6.45) is -0.0245. The van der Waals surface area contributed by atoms with Crippen molar-refractivity contribution >= 4 is 29.4 Å². The molecule has 0 saturated heterocycles. The molecule has 140 valence electrons. The predicted octanol–water partition coefficient (Wildman–Crippen LogP) is 1.77. The van der Waals surface area contributed by atoms with Crippen molar-refractivity contribution in [2.24, 2.45) is 0 Å². The fourth-order valence-corrected chi connectivity index (χ4v) is 2.43. The minimum absolute atomic E-state index is 0.0245. The van der Waals surface area contributed by atoms with Crippen molar-refractivity contribution in [3.8, 4) is 0 Å². The Labute approximate surface area is 154 Å². The van der Waals surface area contributed by atoms with Crippen molar-refractivity contribution in [2.45, 2.75) is 19.4 Å². The second-order valence-electron chi connectivity index (χ2n) is 5.80. The Balaban J connectivity index is 2.16. The average Bonchev–Trinajstić information content (AvgIpc) is 2.61. The lowest BCUT2D eigenvalue weighted by Gasteiger charge is -2.16. The van der Waals surface area contributed by atoms with Gasteiger partial charge in [-0.3, -0.25) is 9.59 Å². The SMILES string of the molecule is CC(=O)Nc1ccccc1C(=O)N[C@H](Cc1ccc(C(=O)O)cc1)C(=O)O. The highest BCUT2D eigenvalue weighted by molar-refractivity contribution is 6.04. The van der Waals surface area contributed by atoms with Crippen LogP contribution in [-0.2, 0) is 16.0 Å². The predicted molar refractivity (Wildman–Crippen MR) is 96.7 cm³/mol. The van der Waals surface area contributed by atoms with Gasteiger partial charge in [-0.05, 0) is 29.8 Å². The Morgan fingerprint density at radius 1 is 0.963 bits per heavy atom. The minimum atomic E-state index is -1.23. The molecule has 0 bridgehead atoms. The number of amides is 2. The maximum absolute atomic E-state index is 12.5. The van der Waals surface area contributed by atoms with E-state index in [-0.39, 0.29) is 29.1 Å². The van der Waals surface area contributed by atoms with Gasteiger partial charge in [0.05, 0.1) is 16.8 Å². The van der Waals surface area contributed by atoms with Gasteiger partial charge in [-0.2, -0.15) is 0 Å². The molecular formula is C19H18N2O6. The topological polar surface area (TPSA) is 133 Å². The molecule has 2 rings (SSSR count). The molecule has 1 atom stereocenters. The van der Waals surface area contributed by atoms with Gasteiger partial charge in [-0.15, -0.1) is 0 Å². The molecule has 0 unspecified atom stereocenters. The van der Waals surface area contributed by atoms with Gasteiger partial charge >= 0.3 is 11.9 Å². The van der Waals surface area contributed by atoms with E-state index in [0.717, 1.165) is 0 Å². The van der Waals surface area contributed by atoms with Crippen LogP contribution in [0.4, 0.5) is 5.69 Å². The Hall–Kier alpha value is -3.68. The van der Waals surface area contributed by atoms with Crippen molar-refractivity contribution in [2.75, 3.05) is 5.32 Å². The molecule has 4 N–H and O–H groups in total. The second kappa shape index (κ2) is 8.61. The van der Waals surface area contributed by atoms with Crippen LogP contribution in [0.15, 0.2) is 48.5 Å². The van der Waals surface area contributed by atoms with E-state index >= 15 is 0 Å². The molecule has 27 heavy (non-hydrogen) atoms. The first-order valence-electron chi connectivity index (χ1n) is 8.00. The molecular weight excluding hydrogens is 352 g/mol. The van der Waals surface area contributed by atoms with Crippen LogP contribution in [0.1, 0.15) is 33.2 Å². The maximum atomic E-state index is 12.5. The number of nitrogens with one attached hydrogen (secondary N) is 2. The van der Waals surface area contributed by atoms with E-state index in [1.807, 2.05) is 0 Å². The lowest BCUT2D eigenvalue weighted by atomic mass is 10.0. The van der Waals surface area contributed by atoms with E-state index in [0.29, 0.717) is 5.56 Å². The van der Waals surface area contributed by atoms with Crippen LogP contribution in [-0.4, -0.2) is 40.0 Å². The second-order valence-corrected chi connectivity index (χ2v) is 5.80. The summed E-state index contributed by atoms with van der Waals surface area (Å²) in [6, 6.07) is 10.8. The van der Waals surface area contributed by atoms with Crippen LogP contribution in [0.25, 0.3) is 0 Å². The van der Waals surface area contributed by atoms with Crippen LogP contribution in [0.5, 0.6) is 0 Å². The van der Waals surface area contributed by atoms with Gasteiger partial charge in [0.25, 0.3) is 5.91 Å². The number of carbonyl (C=O) groups is 4. The van der Waals surface area contributed by atoms with E-state index in [2.05, 4.69) is 10.6 Å². The van der Waals surface area contributed by atoms with Gasteiger partial charge in [0.1, 0.15) is 6.04 Å². The highest BCUT2D eigenvalue weighted by Crippen LogP contribution is 2.16. The number of benzene rings is 2. The van der Waals surface area contributed by atoms with Crippen molar-refractivity contribution in [3.63, 3.8) is 0 Å². The molecule has 0 fully saturated rings. The Kier molecular flexibility index (Phi) is 6.27. The molecule has 0 saturated carbocycles. The van der Waals surface area contributed by atoms with Crippen molar-refractivity contribution < 1.29 is 29.4 Å². The number of carbonyl (C=O) groups excluding carboxylic acids is 2. The van der Waals surface area contributed by atoms with Crippen molar-refractivity contribution in [1.29, 1.82) is 0 Å². The summed E-state index contributed by atoms with van der Waals surface area (Å²) in [5.41, 5.74) is 1.05. The standard InChI is InChI=1S/C19H18N2O6/c1-11(22)20-15-5-3-2-4-14(15)17(23)21-16(19(26)27)10-12-6-8-13(9-7-12)18(24)25/h2-9,16H,10H2,1H3,(H,20,22)(H,21,23)(H,24,25)(H,26,27)/t16-/m1/s1. The molecule has 0 radical (unpaired) electrons. The summed E-state index contributed by atoms with van der Waals surface area (Å²) in [5, 5.41) is 23.3. The zero-order valence-corrected chi connectivity index (χ0v) is 14.4. The number of aromatic carboxylic acids is 1. The number of para-hydroxylation sites is 1. The summed E-state index contributed by atoms with van der Waals surface area (Å²) in [6.45, 7) is 1.30. The smallest absolute Gasteiger partial charge is 0.335 e. The summed E-state index contributed by atoms with van der Waals surface area (Å²) < 4.78 is 0. The first-order valence-corrected chi connectivity index (χ1v) is 8.00. The summed E-state index contributed by atoms with van der Waals surface area (Å²) in [7, 11) is 0. The minimum Gasteiger partial charge on any atom is -0.480 e. The molecule has 0 aliphatic rings. The molecule has 0 spiro atoms. The summed E-state index contributed by atoms with van der Waals surface area (Å²) in [5.74, 6) is -3.32. The van der Waals surface area contributed by atoms with Gasteiger partial charge < -0.3 is 20.8 Å². The molecule has 2 amide bonds. The lowest BCUT2D eigenvalue weighted by Crippen LogP contribution is -2.42. The fourth-order valence-electron chi connectivity index (χ4n) is 2.43. The monoisotopic (exact) mass is 370 g/mol. The quantitative estimate of drug-likeness (QED) is 0.587. The van der Waals surface area contributed by atoms with Crippen molar-refractivity contribution in [1.82, 2.24) is 5.32 Å². The number of hydrogen-bond donors (Lipinski definition) is 4. The number of carboxylic acids is 2. The molecule has 8 nitrogen and oxygen atoms in total. The third-order valence-corrected chi connectivity index (χ3v) is 3.73. The zero-order valence-electron chi connectivity index (χ0n) is 14.4. The number of carboxylic acid groups (broad SMARTS) is 2. The zero-order chi connectivity index (χ0) is 20.0. The van der Waals surface area contributed by atoms with Gasteiger partial charge in [-0.1, -0.05) is 24.3 Å². The highest BCUT2D eigenvalue weighted by atomic mass is 16.4. The summed E-state index contributed by atoms with van der Waals surface area (Å²) >= 11 is 0. The molecule has 2 aromatic carbocycles. The van der Waals surface area contributed by atoms with Crippen LogP contribution < -0.4 is 10.6 Å². The largest absolute Gasteiger partial charge is 0.480 e. The molecule has 0 aliphatic heterocycles. The first kappa shape index (κ1) is 19.6. The van der Waals surface area contributed by atoms with Gasteiger partial charge in [0.15, 0.2) is 0 Å². The average molecular weight is 370 g/mol. The molecule has 8 heteroatoms. The molecule has 0 aliphatic carbocycles. The molecule has 2 aromatic rings. The number of hydrogen-bond acceptors (Lipinski definition) is 4. The maximum Gasteiger partial charge on any atom is 0.335 e. The van der Waals surface area contributed by atoms with Crippen LogP contribution in [0.2, 0.25) is 0 Å². The normalized spacial score (nSPS) is 11.3. The molecule has 0 aromatic heterocycles. The molecule has 0 heterocycles. The number of anilines is 1. The first-order chi connectivity index (χ1) is 12.8. The van der Waals surface area contributed by atoms with Gasteiger partial charge in [0.2, 0.25) is 5.91 Å². The highest BCUT2D eigenvalue weighted by Gasteiger charge is 2.22. The third-order valence-electron chi connectivity index (χ3n) is 3.73. The Morgan fingerprint density at radius 2 is 1.59 bits per heavy atom. The number of rotatable bonds is 7. The Bertz CT molecular complexity index is 876. The third kappa shape index (κ3) is 5.40. The van der Waals surface area contributed by atoms with Crippen molar-refractivity contribution in [3.05, 3.63) is 65.2 Å². The Morgan fingerprint density at radius 3 is 2.15 bits per heavy atom. The van der Waals surface area contributed by atoms with E-state index in [4.69, 9.17) is 5.11 Å². The van der Waals surface area contributed by atoms with E-state index in [1.165, 1.54) is 43.3 Å². The fraction of sp³-hybridized carbons (Fsp3) is 0.158. The van der Waals surface area contributed by atoms with E-state index in [9.17, 15) is 24.3 Å². The van der Waals surface area contributed by atoms with Gasteiger partial charge in [0, 0.05) is 13.3 Å². The van der Waals surface area contributed by atoms with Crippen LogP contribution >= 0.6 is 0 Å². The van der Waals surface area contributed by atoms with Crippen LogP contribution in [0, 0.1) is 0 Å². The summed E-state index contributed by atoms with van der Waals surface area (Å²) in [4.78, 5) is 46.2. The van der Waals surface area contributed by atoms with Crippen LogP contribution in [0.3, 0.4) is 0 Å². The lowest BCUT2D eigenvalue weighted by molar-refractivity contribution is -0.139. The van der Waals surface area contributed by atoms with E-state index < -0.39 is 23.9 Å².